The summed E-state index contributed by atoms with van der Waals surface area (Å²) in [5, 5.41) is 1.17. The SMILES string of the molecule is CC(C)(C)OC(=O)N1CCN(c2nsc(-c3cc(N)ncc3Cl)n2)CC1.CCCCOC. The Kier molecular flexibility index (Phi) is 9.92. The number of carbonyl (C=O) groups is 1. The first-order chi connectivity index (χ1) is 15.1. The lowest BCUT2D eigenvalue weighted by Crippen LogP contribution is -2.50. The Morgan fingerprint density at radius 3 is 2.53 bits per heavy atom. The van der Waals surface area contributed by atoms with Crippen LogP contribution >= 0.6 is 23.1 Å². The average molecular weight is 485 g/mol. The van der Waals surface area contributed by atoms with E-state index in [-0.39, 0.29) is 6.09 Å². The zero-order chi connectivity index (χ0) is 23.7. The summed E-state index contributed by atoms with van der Waals surface area (Å²) in [6.45, 7) is 11.0. The largest absolute Gasteiger partial charge is 0.444 e. The van der Waals surface area contributed by atoms with Crippen LogP contribution in [0.4, 0.5) is 16.6 Å². The molecule has 1 fully saturated rings. The molecule has 0 unspecified atom stereocenters. The van der Waals surface area contributed by atoms with Gasteiger partial charge in [0.05, 0.1) is 5.02 Å². The summed E-state index contributed by atoms with van der Waals surface area (Å²) in [6.07, 6.45) is 3.64. The Morgan fingerprint density at radius 2 is 1.97 bits per heavy atom. The van der Waals surface area contributed by atoms with Crippen LogP contribution < -0.4 is 10.6 Å². The molecule has 2 aromatic rings. The Morgan fingerprint density at radius 1 is 1.28 bits per heavy atom. The number of rotatable bonds is 5. The van der Waals surface area contributed by atoms with Gasteiger partial charge in [-0.25, -0.2) is 9.78 Å². The molecule has 0 bridgehead atoms. The fraction of sp³-hybridized carbons (Fsp3) is 0.619. The maximum atomic E-state index is 12.1. The van der Waals surface area contributed by atoms with E-state index in [1.54, 1.807) is 18.1 Å². The van der Waals surface area contributed by atoms with E-state index in [2.05, 4.69) is 21.3 Å². The number of aromatic nitrogens is 3. The van der Waals surface area contributed by atoms with Gasteiger partial charge in [0.1, 0.15) is 16.4 Å². The van der Waals surface area contributed by atoms with Crippen LogP contribution in [-0.2, 0) is 9.47 Å². The van der Waals surface area contributed by atoms with Gasteiger partial charge in [0.2, 0.25) is 5.95 Å². The van der Waals surface area contributed by atoms with Gasteiger partial charge in [-0.3, -0.25) is 0 Å². The average Bonchev–Trinajstić information content (AvgIpc) is 3.23. The highest BCUT2D eigenvalue weighted by atomic mass is 35.5. The fourth-order valence-electron chi connectivity index (χ4n) is 2.78. The summed E-state index contributed by atoms with van der Waals surface area (Å²) in [5.74, 6) is 1.01. The molecule has 178 valence electrons. The molecule has 3 heterocycles. The van der Waals surface area contributed by atoms with Crippen LogP contribution in [0.3, 0.4) is 0 Å². The van der Waals surface area contributed by atoms with Crippen LogP contribution in [0.5, 0.6) is 0 Å². The number of nitrogen functional groups attached to an aromatic ring is 1. The quantitative estimate of drug-likeness (QED) is 0.625. The van der Waals surface area contributed by atoms with Crippen LogP contribution in [0, 0.1) is 0 Å². The third-order valence-electron chi connectivity index (χ3n) is 4.44. The molecule has 3 rings (SSSR count). The van der Waals surface area contributed by atoms with Crippen LogP contribution in [0.15, 0.2) is 12.3 Å². The second kappa shape index (κ2) is 12.2. The Balaban J connectivity index is 0.000000534. The molecule has 1 aliphatic heterocycles. The van der Waals surface area contributed by atoms with E-state index in [4.69, 9.17) is 26.8 Å². The summed E-state index contributed by atoms with van der Waals surface area (Å²) in [6, 6.07) is 1.69. The predicted octanol–water partition coefficient (Wildman–Crippen LogP) is 4.33. The van der Waals surface area contributed by atoms with Crippen molar-refractivity contribution < 1.29 is 14.3 Å². The summed E-state index contributed by atoms with van der Waals surface area (Å²) < 4.78 is 14.6. The zero-order valence-electron chi connectivity index (χ0n) is 19.4. The van der Waals surface area contributed by atoms with Gasteiger partial charge < -0.3 is 25.0 Å². The van der Waals surface area contributed by atoms with E-state index >= 15 is 0 Å². The third kappa shape index (κ3) is 8.07. The number of hydrogen-bond donors (Lipinski definition) is 1. The number of amides is 1. The lowest BCUT2D eigenvalue weighted by Gasteiger charge is -2.35. The molecule has 0 spiro atoms. The molecule has 0 aliphatic carbocycles. The van der Waals surface area contributed by atoms with Crippen LogP contribution in [0.25, 0.3) is 10.6 Å². The number of anilines is 2. The van der Waals surface area contributed by atoms with E-state index < -0.39 is 5.60 Å². The minimum Gasteiger partial charge on any atom is -0.444 e. The molecule has 1 saturated heterocycles. The number of ether oxygens (including phenoxy) is 2. The van der Waals surface area contributed by atoms with Gasteiger partial charge in [-0.1, -0.05) is 24.9 Å². The Bertz CT molecular complexity index is 861. The molecule has 11 heteroatoms. The minimum atomic E-state index is -0.495. The second-order valence-corrected chi connectivity index (χ2v) is 9.45. The topological polar surface area (TPSA) is 107 Å². The van der Waals surface area contributed by atoms with Crippen molar-refractivity contribution >= 4 is 41.0 Å². The van der Waals surface area contributed by atoms with Crippen molar-refractivity contribution in [3.05, 3.63) is 17.3 Å². The maximum absolute atomic E-state index is 12.1. The molecule has 1 amide bonds. The van der Waals surface area contributed by atoms with Crippen molar-refractivity contribution in [1.82, 2.24) is 19.2 Å². The molecular formula is C21H33ClN6O3S. The predicted molar refractivity (Wildman–Crippen MR) is 129 cm³/mol. The van der Waals surface area contributed by atoms with Crippen molar-refractivity contribution in [2.45, 2.75) is 46.1 Å². The number of piperazine rings is 1. The molecule has 2 N–H and O–H groups in total. The maximum Gasteiger partial charge on any atom is 0.410 e. The highest BCUT2D eigenvalue weighted by Crippen LogP contribution is 2.31. The standard InChI is InChI=1S/C16H21ClN6O2S.C5H12O/c1-16(2,3)25-15(24)23-6-4-22(5-7-23)14-20-13(26-21-14)10-8-12(18)19-9-11(10)17;1-3-4-5-6-2/h8-9H,4-7H2,1-3H3,(H2,18,19);3-5H2,1-2H3. The molecule has 0 saturated carbocycles. The van der Waals surface area contributed by atoms with Crippen molar-refractivity contribution in [2.75, 3.05) is 50.5 Å². The Hall–Kier alpha value is -2.17. The summed E-state index contributed by atoms with van der Waals surface area (Å²) in [5.41, 5.74) is 5.95. The first-order valence-corrected chi connectivity index (χ1v) is 11.8. The molecule has 0 radical (unpaired) electrons. The van der Waals surface area contributed by atoms with Gasteiger partial charge in [0.25, 0.3) is 0 Å². The number of nitrogens with zero attached hydrogens (tertiary/aromatic N) is 5. The molecule has 0 atom stereocenters. The van der Waals surface area contributed by atoms with Crippen molar-refractivity contribution in [3.8, 4) is 10.6 Å². The van der Waals surface area contributed by atoms with E-state index in [1.807, 2.05) is 25.7 Å². The van der Waals surface area contributed by atoms with E-state index in [0.29, 0.717) is 48.0 Å². The highest BCUT2D eigenvalue weighted by Gasteiger charge is 2.27. The monoisotopic (exact) mass is 484 g/mol. The first-order valence-electron chi connectivity index (χ1n) is 10.6. The van der Waals surface area contributed by atoms with E-state index in [9.17, 15) is 4.79 Å². The number of carbonyl (C=O) groups excluding carboxylic acids is 1. The van der Waals surface area contributed by atoms with Crippen LogP contribution in [0.2, 0.25) is 5.02 Å². The van der Waals surface area contributed by atoms with Gasteiger partial charge in [0.15, 0.2) is 0 Å². The Labute approximate surface area is 199 Å². The van der Waals surface area contributed by atoms with Crippen LogP contribution in [-0.4, -0.2) is 70.8 Å². The lowest BCUT2D eigenvalue weighted by atomic mass is 10.2. The molecule has 2 aromatic heterocycles. The molecule has 1 aliphatic rings. The van der Waals surface area contributed by atoms with Crippen molar-refractivity contribution in [3.63, 3.8) is 0 Å². The third-order valence-corrected chi connectivity index (χ3v) is 5.48. The van der Waals surface area contributed by atoms with Gasteiger partial charge in [-0.2, -0.15) is 9.36 Å². The summed E-state index contributed by atoms with van der Waals surface area (Å²) >= 11 is 7.44. The number of hydrogen-bond acceptors (Lipinski definition) is 9. The number of halogens is 1. The lowest BCUT2D eigenvalue weighted by molar-refractivity contribution is 0.0240. The number of nitrogens with two attached hydrogens (primary N) is 1. The zero-order valence-corrected chi connectivity index (χ0v) is 21.0. The first kappa shape index (κ1) is 26.1. The van der Waals surface area contributed by atoms with Crippen molar-refractivity contribution in [2.24, 2.45) is 0 Å². The van der Waals surface area contributed by atoms with E-state index in [0.717, 1.165) is 12.2 Å². The fourth-order valence-corrected chi connectivity index (χ4v) is 3.74. The highest BCUT2D eigenvalue weighted by molar-refractivity contribution is 7.09. The van der Waals surface area contributed by atoms with Gasteiger partial charge in [0, 0.05) is 51.7 Å². The molecule has 32 heavy (non-hydrogen) atoms. The second-order valence-electron chi connectivity index (χ2n) is 8.29. The van der Waals surface area contributed by atoms with Crippen molar-refractivity contribution in [1.29, 1.82) is 0 Å². The molecule has 0 aromatic carbocycles. The van der Waals surface area contributed by atoms with Crippen LogP contribution in [0.1, 0.15) is 40.5 Å². The van der Waals surface area contributed by atoms with E-state index in [1.165, 1.54) is 30.6 Å². The smallest absolute Gasteiger partial charge is 0.410 e. The van der Waals surface area contributed by atoms with Gasteiger partial charge in [-0.05, 0) is 44.8 Å². The number of unbranched alkanes of at least 4 members (excludes halogenated alkanes) is 1. The normalized spacial score (nSPS) is 14.1. The summed E-state index contributed by atoms with van der Waals surface area (Å²) in [4.78, 5) is 24.4. The van der Waals surface area contributed by atoms with Gasteiger partial charge in [-0.15, -0.1) is 0 Å². The minimum absolute atomic E-state index is 0.289. The molecular weight excluding hydrogens is 452 g/mol. The number of pyridine rings is 1. The summed E-state index contributed by atoms with van der Waals surface area (Å²) in [7, 11) is 1.73. The van der Waals surface area contributed by atoms with Gasteiger partial charge >= 0.3 is 6.09 Å². The number of methoxy groups -OCH3 is 1. The molecule has 9 nitrogen and oxygen atoms in total.